The molecule has 2 aromatic rings. The van der Waals surface area contributed by atoms with E-state index in [1.54, 1.807) is 24.4 Å². The van der Waals surface area contributed by atoms with Gasteiger partial charge in [-0.2, -0.15) is 10.5 Å². The fraction of sp³-hybridized carbons (Fsp3) is 0.200. The van der Waals surface area contributed by atoms with E-state index in [1.807, 2.05) is 13.0 Å². The van der Waals surface area contributed by atoms with Crippen LogP contribution in [0.25, 0.3) is 0 Å². The fourth-order valence-corrected chi connectivity index (χ4v) is 3.35. The Labute approximate surface area is 183 Å². The van der Waals surface area contributed by atoms with Crippen molar-refractivity contribution in [3.8, 4) is 23.8 Å². The number of anilines is 3. The van der Waals surface area contributed by atoms with Crippen molar-refractivity contribution in [2.45, 2.75) is 13.0 Å². The van der Waals surface area contributed by atoms with Gasteiger partial charge in [-0.05, 0) is 13.0 Å². The average Bonchev–Trinajstić information content (AvgIpc) is 2.73. The Bertz CT molecular complexity index is 1150. The Balaban J connectivity index is 2.24. The Morgan fingerprint density at radius 2 is 2.06 bits per heavy atom. The van der Waals surface area contributed by atoms with Gasteiger partial charge in [0, 0.05) is 17.2 Å². The molecule has 1 aromatic heterocycles. The summed E-state index contributed by atoms with van der Waals surface area (Å²) in [6.45, 7) is 6.12. The van der Waals surface area contributed by atoms with Crippen LogP contribution in [0.15, 0.2) is 29.8 Å². The molecule has 31 heavy (non-hydrogen) atoms. The van der Waals surface area contributed by atoms with E-state index in [2.05, 4.69) is 27.2 Å². The first kappa shape index (κ1) is 21.6. The summed E-state index contributed by atoms with van der Waals surface area (Å²) in [6.07, 6.45) is 3.40. The molecule has 10 nitrogen and oxygen atoms in total. The minimum Gasteiger partial charge on any atom is -0.490 e. The van der Waals surface area contributed by atoms with Gasteiger partial charge in [-0.25, -0.2) is 9.98 Å². The van der Waals surface area contributed by atoms with E-state index in [-0.39, 0.29) is 35.5 Å². The summed E-state index contributed by atoms with van der Waals surface area (Å²) in [6, 6.07) is 4.44. The number of hydrogen-bond donors (Lipinski definition) is 4. The molecule has 1 atom stereocenters. The molecule has 158 valence electrons. The number of ether oxygens (including phenoxy) is 2. The topological polar surface area (TPSA) is 167 Å². The zero-order valence-electron chi connectivity index (χ0n) is 16.6. The highest BCUT2D eigenvalue weighted by Gasteiger charge is 2.31. The molecule has 1 aromatic carbocycles. The number of benzene rings is 1. The van der Waals surface area contributed by atoms with E-state index >= 15 is 0 Å². The Kier molecular flexibility index (Phi) is 6.34. The maximum absolute atomic E-state index is 9.45. The van der Waals surface area contributed by atoms with E-state index in [0.717, 1.165) is 0 Å². The van der Waals surface area contributed by atoms with E-state index < -0.39 is 6.04 Å². The van der Waals surface area contributed by atoms with Crippen molar-refractivity contribution in [1.82, 2.24) is 10.3 Å². The summed E-state index contributed by atoms with van der Waals surface area (Å²) in [4.78, 5) is 8.73. The van der Waals surface area contributed by atoms with Crippen LogP contribution in [0.2, 0.25) is 5.02 Å². The predicted octanol–water partition coefficient (Wildman–Crippen LogP) is 2.68. The van der Waals surface area contributed by atoms with Gasteiger partial charge >= 0.3 is 0 Å². The molecule has 0 amide bonds. The molecule has 3 rings (SSSR count). The van der Waals surface area contributed by atoms with E-state index in [0.29, 0.717) is 34.3 Å². The normalized spacial score (nSPS) is 14.2. The van der Waals surface area contributed by atoms with Gasteiger partial charge in [-0.15, -0.1) is 0 Å². The number of aromatic nitrogens is 1. The third-order valence-corrected chi connectivity index (χ3v) is 4.70. The molecular formula is C20H19ClN8O2. The lowest BCUT2D eigenvalue weighted by Crippen LogP contribution is -2.32. The lowest BCUT2D eigenvalue weighted by atomic mass is 9.94. The molecule has 0 spiro atoms. The van der Waals surface area contributed by atoms with Crippen molar-refractivity contribution in [3.63, 3.8) is 0 Å². The maximum Gasteiger partial charge on any atom is 0.211 e. The van der Waals surface area contributed by atoms with Gasteiger partial charge in [0.05, 0.1) is 17.3 Å². The second-order valence-corrected chi connectivity index (χ2v) is 6.66. The molecule has 11 heteroatoms. The smallest absolute Gasteiger partial charge is 0.211 e. The summed E-state index contributed by atoms with van der Waals surface area (Å²) in [7, 11) is 0. The number of nitrogens with two attached hydrogens (primary N) is 2. The predicted molar refractivity (Wildman–Crippen MR) is 118 cm³/mol. The largest absolute Gasteiger partial charge is 0.490 e. The zero-order chi connectivity index (χ0) is 22.5. The van der Waals surface area contributed by atoms with Crippen LogP contribution in [-0.4, -0.2) is 24.2 Å². The van der Waals surface area contributed by atoms with Crippen LogP contribution in [0.3, 0.4) is 0 Å². The van der Waals surface area contributed by atoms with E-state index in [4.69, 9.17) is 37.8 Å². The van der Waals surface area contributed by atoms with Crippen LogP contribution >= 0.6 is 11.6 Å². The molecule has 0 saturated carbocycles. The highest BCUT2D eigenvalue weighted by molar-refractivity contribution is 6.31. The zero-order valence-corrected chi connectivity index (χ0v) is 17.3. The van der Waals surface area contributed by atoms with Gasteiger partial charge in [0.25, 0.3) is 0 Å². The molecule has 0 aliphatic carbocycles. The SMILES string of the molecule is C=CCOc1cc(Cl)c(C2N=C(NC#N)Nc3nc(N)c(C#N)c(N)c32)cc1OCC. The van der Waals surface area contributed by atoms with Crippen LogP contribution in [0.5, 0.6) is 11.5 Å². The van der Waals surface area contributed by atoms with E-state index in [9.17, 15) is 5.26 Å². The van der Waals surface area contributed by atoms with Gasteiger partial charge in [-0.1, -0.05) is 24.3 Å². The van der Waals surface area contributed by atoms with Crippen LogP contribution in [0.4, 0.5) is 17.3 Å². The minimum absolute atomic E-state index is 0.0320. The van der Waals surface area contributed by atoms with E-state index in [1.165, 1.54) is 0 Å². The van der Waals surface area contributed by atoms with Gasteiger partial charge in [0.1, 0.15) is 35.9 Å². The lowest BCUT2D eigenvalue weighted by molar-refractivity contribution is 0.296. The number of aliphatic imine (C=N–C) groups is 1. The van der Waals surface area contributed by atoms with Crippen molar-refractivity contribution in [3.05, 3.63) is 46.5 Å². The number of nitrogen functional groups attached to an aromatic ring is 2. The Morgan fingerprint density at radius 1 is 1.32 bits per heavy atom. The number of pyridine rings is 1. The highest BCUT2D eigenvalue weighted by Crippen LogP contribution is 2.45. The van der Waals surface area contributed by atoms with Crippen molar-refractivity contribution in [2.75, 3.05) is 30.0 Å². The molecule has 0 bridgehead atoms. The number of nitriles is 2. The molecule has 1 unspecified atom stereocenters. The summed E-state index contributed by atoms with van der Waals surface area (Å²) in [5.74, 6) is 1.21. The van der Waals surface area contributed by atoms with Crippen molar-refractivity contribution >= 4 is 34.9 Å². The van der Waals surface area contributed by atoms with Crippen molar-refractivity contribution in [1.29, 1.82) is 10.5 Å². The standard InChI is InChI=1S/C20H19ClN8O2/c1-3-5-31-14-7-12(21)10(6-13(14)30-4-2)17-15-16(24)11(8-22)18(25)28-19(15)29-20(27-17)26-9-23/h3,6-7,17H,1,4-5H2,2H3,(H6,24,25,26,27,28,29). The number of halogens is 1. The van der Waals surface area contributed by atoms with Crippen molar-refractivity contribution < 1.29 is 9.47 Å². The number of guanidine groups is 1. The van der Waals surface area contributed by atoms with Gasteiger partial charge in [0.15, 0.2) is 17.7 Å². The molecule has 0 radical (unpaired) electrons. The molecule has 1 aliphatic rings. The third-order valence-electron chi connectivity index (χ3n) is 4.37. The number of nitrogens with zero attached hydrogens (tertiary/aromatic N) is 4. The number of fused-ring (bicyclic) bond motifs is 1. The van der Waals surface area contributed by atoms with Crippen LogP contribution in [-0.2, 0) is 0 Å². The Morgan fingerprint density at radius 3 is 2.71 bits per heavy atom. The molecule has 0 fully saturated rings. The average molecular weight is 439 g/mol. The first-order valence-electron chi connectivity index (χ1n) is 9.13. The van der Waals surface area contributed by atoms with Crippen molar-refractivity contribution in [2.24, 2.45) is 4.99 Å². The van der Waals surface area contributed by atoms with Gasteiger partial charge < -0.3 is 26.3 Å². The van der Waals surface area contributed by atoms with Crippen LogP contribution in [0.1, 0.15) is 29.7 Å². The third kappa shape index (κ3) is 4.10. The second kappa shape index (κ2) is 9.11. The van der Waals surface area contributed by atoms with Crippen LogP contribution < -0.4 is 31.6 Å². The lowest BCUT2D eigenvalue weighted by Gasteiger charge is -2.27. The monoisotopic (exact) mass is 438 g/mol. The highest BCUT2D eigenvalue weighted by atomic mass is 35.5. The Hall–Kier alpha value is -4.15. The van der Waals surface area contributed by atoms with Gasteiger partial charge in [-0.3, -0.25) is 5.32 Å². The summed E-state index contributed by atoms with van der Waals surface area (Å²) < 4.78 is 11.3. The first-order valence-corrected chi connectivity index (χ1v) is 9.51. The quantitative estimate of drug-likeness (QED) is 0.301. The molecule has 0 saturated heterocycles. The number of rotatable bonds is 6. The summed E-state index contributed by atoms with van der Waals surface area (Å²) in [5, 5.41) is 24.1. The molecule has 6 N–H and O–H groups in total. The molecular weight excluding hydrogens is 420 g/mol. The first-order chi connectivity index (χ1) is 14.9. The minimum atomic E-state index is -0.799. The fourth-order valence-electron chi connectivity index (χ4n) is 3.10. The molecule has 1 aliphatic heterocycles. The molecule has 2 heterocycles. The number of nitrogens with one attached hydrogen (secondary N) is 2. The second-order valence-electron chi connectivity index (χ2n) is 6.25. The number of hydrogen-bond acceptors (Lipinski definition) is 10. The van der Waals surface area contributed by atoms with Crippen LogP contribution in [0, 0.1) is 22.8 Å². The van der Waals surface area contributed by atoms with Gasteiger partial charge in [0.2, 0.25) is 5.96 Å². The summed E-state index contributed by atoms with van der Waals surface area (Å²) >= 11 is 6.57. The maximum atomic E-state index is 9.45. The summed E-state index contributed by atoms with van der Waals surface area (Å²) in [5.41, 5.74) is 13.2.